The highest BCUT2D eigenvalue weighted by molar-refractivity contribution is 7.99. The second-order valence-electron chi connectivity index (χ2n) is 4.39. The first-order valence-electron chi connectivity index (χ1n) is 5.50. The Balaban J connectivity index is 2.22. The summed E-state index contributed by atoms with van der Waals surface area (Å²) in [6.07, 6.45) is 3.01. The van der Waals surface area contributed by atoms with E-state index in [0.29, 0.717) is 0 Å². The Morgan fingerprint density at radius 2 is 1.94 bits per heavy atom. The maximum Gasteiger partial charge on any atom is 0.0819 e. The van der Waals surface area contributed by atoms with Crippen LogP contribution in [0, 0.1) is 0 Å². The minimum Gasteiger partial charge on any atom is -0.398 e. The zero-order chi connectivity index (χ0) is 12.0. The molecule has 2 N–H and O–H groups in total. The number of hydrogen-bond acceptors (Lipinski definition) is 3. The van der Waals surface area contributed by atoms with Crippen molar-refractivity contribution < 1.29 is 4.57 Å². The van der Waals surface area contributed by atoms with Crippen molar-refractivity contribution in [2.24, 2.45) is 0 Å². The molecule has 1 aromatic rings. The zero-order valence-electron chi connectivity index (χ0n) is 9.98. The summed E-state index contributed by atoms with van der Waals surface area (Å²) in [6.45, 7) is 3.71. The number of rotatable bonds is 6. The number of anilines is 1. The molecule has 0 spiro atoms. The van der Waals surface area contributed by atoms with Crippen molar-refractivity contribution in [3.63, 3.8) is 0 Å². The van der Waals surface area contributed by atoms with Crippen LogP contribution in [0.1, 0.15) is 12.8 Å². The molecular weight excluding hydrogens is 237 g/mol. The summed E-state index contributed by atoms with van der Waals surface area (Å²) >= 11 is 1.78. The van der Waals surface area contributed by atoms with Crippen LogP contribution in [0.3, 0.4) is 0 Å². The molecule has 16 heavy (non-hydrogen) atoms. The third-order valence-electron chi connectivity index (χ3n) is 2.27. The normalized spacial score (nSPS) is 11.6. The molecule has 0 unspecified atom stereocenters. The van der Waals surface area contributed by atoms with Gasteiger partial charge in [0.05, 0.1) is 7.14 Å². The van der Waals surface area contributed by atoms with Crippen LogP contribution in [0.25, 0.3) is 0 Å². The molecule has 0 saturated heterocycles. The first-order valence-corrected chi connectivity index (χ1v) is 9.27. The minimum atomic E-state index is -1.82. The Morgan fingerprint density at radius 3 is 2.56 bits per heavy atom. The lowest BCUT2D eigenvalue weighted by Gasteiger charge is -2.07. The number of benzene rings is 1. The summed E-state index contributed by atoms with van der Waals surface area (Å²) in [7, 11) is -1.82. The van der Waals surface area contributed by atoms with Crippen molar-refractivity contribution in [2.75, 3.05) is 31.0 Å². The van der Waals surface area contributed by atoms with Crippen molar-refractivity contribution in [2.45, 2.75) is 17.7 Å². The van der Waals surface area contributed by atoms with E-state index in [9.17, 15) is 4.57 Å². The van der Waals surface area contributed by atoms with Gasteiger partial charge in [0.1, 0.15) is 0 Å². The molecule has 0 saturated carbocycles. The summed E-state index contributed by atoms with van der Waals surface area (Å²) in [5, 5.41) is 0. The average molecular weight is 257 g/mol. The molecule has 0 aromatic heterocycles. The molecule has 90 valence electrons. The summed E-state index contributed by atoms with van der Waals surface area (Å²) in [4.78, 5) is 1.15. The average Bonchev–Trinajstić information content (AvgIpc) is 2.18. The second kappa shape index (κ2) is 6.36. The van der Waals surface area contributed by atoms with Gasteiger partial charge in [-0.3, -0.25) is 0 Å². The van der Waals surface area contributed by atoms with E-state index in [0.717, 1.165) is 35.3 Å². The van der Waals surface area contributed by atoms with E-state index in [1.165, 1.54) is 0 Å². The predicted octanol–water partition coefficient (Wildman–Crippen LogP) is 3.76. The van der Waals surface area contributed by atoms with E-state index in [1.54, 1.807) is 11.8 Å². The first-order chi connectivity index (χ1) is 7.49. The third-order valence-corrected chi connectivity index (χ3v) is 4.84. The lowest BCUT2D eigenvalue weighted by molar-refractivity contribution is 0.580. The van der Waals surface area contributed by atoms with Gasteiger partial charge in [0.25, 0.3) is 0 Å². The van der Waals surface area contributed by atoms with E-state index in [-0.39, 0.29) is 0 Å². The molecule has 0 radical (unpaired) electrons. The number of hydrogen-bond donors (Lipinski definition) is 1. The van der Waals surface area contributed by atoms with Gasteiger partial charge in [-0.1, -0.05) is 12.1 Å². The zero-order valence-corrected chi connectivity index (χ0v) is 11.7. The molecule has 0 aliphatic carbocycles. The molecule has 2 nitrogen and oxygen atoms in total. The Hall–Kier alpha value is -0.400. The maximum atomic E-state index is 11.5. The molecule has 0 atom stereocenters. The number of para-hydroxylation sites is 1. The molecule has 0 aliphatic heterocycles. The molecule has 0 amide bonds. The SMILES string of the molecule is CP(C)(=O)CCCCSc1ccccc1N. The Bertz CT molecular complexity index is 375. The number of thioether (sulfide) groups is 1. The first kappa shape index (κ1) is 13.7. The molecule has 4 heteroatoms. The number of nitrogens with two attached hydrogens (primary N) is 1. The smallest absolute Gasteiger partial charge is 0.0819 e. The highest BCUT2D eigenvalue weighted by Crippen LogP contribution is 2.37. The van der Waals surface area contributed by atoms with E-state index in [4.69, 9.17) is 5.73 Å². The number of unbranched alkanes of at least 4 members (excludes halogenated alkanes) is 1. The quantitative estimate of drug-likeness (QED) is 0.365. The predicted molar refractivity (Wildman–Crippen MR) is 75.1 cm³/mol. The standard InChI is InChI=1S/C12H20NOPS/c1-15(2,14)9-5-6-10-16-12-8-4-3-7-11(12)13/h3-4,7-8H,5-6,9-10,13H2,1-2H3. The monoisotopic (exact) mass is 257 g/mol. The van der Waals surface area contributed by atoms with Crippen LogP contribution in [0.4, 0.5) is 5.69 Å². The van der Waals surface area contributed by atoms with E-state index in [1.807, 2.05) is 37.6 Å². The van der Waals surface area contributed by atoms with Crippen molar-refractivity contribution in [3.05, 3.63) is 24.3 Å². The lowest BCUT2D eigenvalue weighted by Crippen LogP contribution is -1.91. The van der Waals surface area contributed by atoms with Crippen molar-refractivity contribution in [3.8, 4) is 0 Å². The fourth-order valence-corrected chi connectivity index (χ4v) is 3.35. The summed E-state index contributed by atoms with van der Waals surface area (Å²) in [5.41, 5.74) is 6.69. The maximum absolute atomic E-state index is 11.5. The second-order valence-corrected chi connectivity index (χ2v) is 9.12. The fraction of sp³-hybridized carbons (Fsp3) is 0.500. The van der Waals surface area contributed by atoms with Crippen LogP contribution in [0.15, 0.2) is 29.2 Å². The summed E-state index contributed by atoms with van der Waals surface area (Å²) in [5.74, 6) is 1.05. The van der Waals surface area contributed by atoms with Gasteiger partial charge in [0.2, 0.25) is 0 Å². The fourth-order valence-electron chi connectivity index (χ4n) is 1.39. The molecule has 0 aliphatic rings. The molecular formula is C12H20NOPS. The Kier molecular flexibility index (Phi) is 5.43. The van der Waals surface area contributed by atoms with Crippen molar-refractivity contribution in [1.29, 1.82) is 0 Å². The van der Waals surface area contributed by atoms with Gasteiger partial charge in [-0.15, -0.1) is 11.8 Å². The highest BCUT2D eigenvalue weighted by atomic mass is 32.2. The van der Waals surface area contributed by atoms with E-state index < -0.39 is 7.14 Å². The van der Waals surface area contributed by atoms with Crippen LogP contribution in [0.5, 0.6) is 0 Å². The van der Waals surface area contributed by atoms with Gasteiger partial charge in [-0.05, 0) is 44.1 Å². The van der Waals surface area contributed by atoms with Crippen LogP contribution >= 0.6 is 18.9 Å². The van der Waals surface area contributed by atoms with Gasteiger partial charge in [-0.25, -0.2) is 0 Å². The third kappa shape index (κ3) is 5.62. The number of nitrogen functional groups attached to an aromatic ring is 1. The molecule has 0 fully saturated rings. The Morgan fingerprint density at radius 1 is 1.25 bits per heavy atom. The molecule has 1 rings (SSSR count). The van der Waals surface area contributed by atoms with Crippen LogP contribution in [-0.2, 0) is 4.57 Å². The molecule has 0 bridgehead atoms. The minimum absolute atomic E-state index is 0.851. The van der Waals surface area contributed by atoms with Crippen molar-refractivity contribution >= 4 is 24.6 Å². The Labute approximate surface area is 102 Å². The van der Waals surface area contributed by atoms with Crippen LogP contribution in [0.2, 0.25) is 0 Å². The lowest BCUT2D eigenvalue weighted by atomic mass is 10.3. The van der Waals surface area contributed by atoms with Crippen LogP contribution in [-0.4, -0.2) is 25.2 Å². The van der Waals surface area contributed by atoms with E-state index in [2.05, 4.69) is 0 Å². The topological polar surface area (TPSA) is 43.1 Å². The summed E-state index contributed by atoms with van der Waals surface area (Å²) < 4.78 is 11.5. The van der Waals surface area contributed by atoms with Gasteiger partial charge in [0.15, 0.2) is 0 Å². The largest absolute Gasteiger partial charge is 0.398 e. The summed E-state index contributed by atoms with van der Waals surface area (Å²) in [6, 6.07) is 7.92. The van der Waals surface area contributed by atoms with Gasteiger partial charge in [-0.2, -0.15) is 0 Å². The van der Waals surface area contributed by atoms with Crippen LogP contribution < -0.4 is 5.73 Å². The van der Waals surface area contributed by atoms with Gasteiger partial charge in [0, 0.05) is 16.7 Å². The van der Waals surface area contributed by atoms with Crippen molar-refractivity contribution in [1.82, 2.24) is 0 Å². The highest BCUT2D eigenvalue weighted by Gasteiger charge is 2.05. The van der Waals surface area contributed by atoms with Gasteiger partial charge >= 0.3 is 0 Å². The van der Waals surface area contributed by atoms with E-state index >= 15 is 0 Å². The molecule has 0 heterocycles. The van der Waals surface area contributed by atoms with Gasteiger partial charge < -0.3 is 10.3 Å². The molecule has 1 aromatic carbocycles.